The van der Waals surface area contributed by atoms with Crippen LogP contribution in [-0.4, -0.2) is 4.98 Å². The normalized spacial score (nSPS) is 11.1. The fourth-order valence-corrected chi connectivity index (χ4v) is 2.27. The van der Waals surface area contributed by atoms with Gasteiger partial charge in [0.05, 0.1) is 0 Å². The van der Waals surface area contributed by atoms with E-state index in [1.165, 1.54) is 6.07 Å². The van der Waals surface area contributed by atoms with E-state index in [1.54, 1.807) is 18.3 Å². The second-order valence-electron chi connectivity index (χ2n) is 3.63. The van der Waals surface area contributed by atoms with E-state index in [4.69, 9.17) is 0 Å². The van der Waals surface area contributed by atoms with Crippen LogP contribution < -0.4 is 0 Å². The minimum Gasteiger partial charge on any atom is -0.249 e. The summed E-state index contributed by atoms with van der Waals surface area (Å²) in [5, 5.41) is 3.57. The lowest BCUT2D eigenvalue weighted by molar-refractivity contribution is 0.640. The third-order valence-electron chi connectivity index (χ3n) is 2.68. The SMILES string of the molecule is Fc1cccc2c1ccc1cc(Br)ncc12. The molecule has 78 valence electrons. The highest BCUT2D eigenvalue weighted by Gasteiger charge is 2.04. The van der Waals surface area contributed by atoms with E-state index in [-0.39, 0.29) is 5.82 Å². The van der Waals surface area contributed by atoms with Crippen molar-refractivity contribution in [3.05, 3.63) is 53.0 Å². The predicted octanol–water partition coefficient (Wildman–Crippen LogP) is 4.29. The summed E-state index contributed by atoms with van der Waals surface area (Å²) in [6.07, 6.45) is 1.77. The molecule has 3 aromatic rings. The molecule has 0 amide bonds. The van der Waals surface area contributed by atoms with Gasteiger partial charge in [0.1, 0.15) is 10.4 Å². The van der Waals surface area contributed by atoms with Crippen LogP contribution in [0.2, 0.25) is 0 Å². The molecule has 1 heterocycles. The first-order valence-corrected chi connectivity index (χ1v) is 5.67. The van der Waals surface area contributed by atoms with Crippen LogP contribution in [0.5, 0.6) is 0 Å². The van der Waals surface area contributed by atoms with Crippen molar-refractivity contribution in [3.63, 3.8) is 0 Å². The van der Waals surface area contributed by atoms with E-state index >= 15 is 0 Å². The number of aromatic nitrogens is 1. The molecule has 0 radical (unpaired) electrons. The Bertz CT molecular complexity index is 694. The van der Waals surface area contributed by atoms with Crippen LogP contribution in [0.3, 0.4) is 0 Å². The van der Waals surface area contributed by atoms with Crippen molar-refractivity contribution in [3.8, 4) is 0 Å². The third kappa shape index (κ3) is 1.39. The van der Waals surface area contributed by atoms with Gasteiger partial charge in [-0.05, 0) is 38.8 Å². The molecule has 0 saturated carbocycles. The summed E-state index contributed by atoms with van der Waals surface area (Å²) in [5.74, 6) is -0.192. The number of rotatable bonds is 0. The van der Waals surface area contributed by atoms with Gasteiger partial charge in [0.2, 0.25) is 0 Å². The maximum Gasteiger partial charge on any atom is 0.131 e. The second kappa shape index (κ2) is 3.52. The van der Waals surface area contributed by atoms with Crippen molar-refractivity contribution >= 4 is 37.5 Å². The molecule has 0 saturated heterocycles. The lowest BCUT2D eigenvalue weighted by Crippen LogP contribution is -1.83. The molecule has 2 aromatic carbocycles. The molecule has 3 heteroatoms. The second-order valence-corrected chi connectivity index (χ2v) is 4.44. The maximum atomic E-state index is 13.6. The smallest absolute Gasteiger partial charge is 0.131 e. The fraction of sp³-hybridized carbons (Fsp3) is 0. The van der Waals surface area contributed by atoms with Gasteiger partial charge in [0, 0.05) is 17.0 Å². The standard InChI is InChI=1S/C13H7BrFN/c14-13-6-8-4-5-10-9(11(8)7-16-13)2-1-3-12(10)15/h1-7H. The quantitative estimate of drug-likeness (QED) is 0.441. The molecule has 0 aliphatic heterocycles. The van der Waals surface area contributed by atoms with Crippen molar-refractivity contribution in [1.29, 1.82) is 0 Å². The van der Waals surface area contributed by atoms with Gasteiger partial charge in [-0.3, -0.25) is 0 Å². The molecule has 1 nitrogen and oxygen atoms in total. The number of benzene rings is 2. The Hall–Kier alpha value is -1.48. The van der Waals surface area contributed by atoms with E-state index in [2.05, 4.69) is 20.9 Å². The molecule has 0 atom stereocenters. The van der Waals surface area contributed by atoms with Crippen LogP contribution >= 0.6 is 15.9 Å². The fourth-order valence-electron chi connectivity index (χ4n) is 1.92. The Balaban J connectivity index is 2.55. The number of halogens is 2. The zero-order chi connectivity index (χ0) is 11.1. The summed E-state index contributed by atoms with van der Waals surface area (Å²) < 4.78 is 14.4. The lowest BCUT2D eigenvalue weighted by Gasteiger charge is -2.04. The van der Waals surface area contributed by atoms with Crippen LogP contribution in [0.25, 0.3) is 21.5 Å². The van der Waals surface area contributed by atoms with Gasteiger partial charge in [-0.25, -0.2) is 9.37 Å². The topological polar surface area (TPSA) is 12.9 Å². The van der Waals surface area contributed by atoms with E-state index in [0.29, 0.717) is 5.39 Å². The van der Waals surface area contributed by atoms with Crippen molar-refractivity contribution < 1.29 is 4.39 Å². The number of nitrogens with zero attached hydrogens (tertiary/aromatic N) is 1. The number of pyridine rings is 1. The third-order valence-corrected chi connectivity index (χ3v) is 3.11. The number of hydrogen-bond donors (Lipinski definition) is 0. The van der Waals surface area contributed by atoms with Crippen LogP contribution in [0, 0.1) is 5.82 Å². The summed E-state index contributed by atoms with van der Waals surface area (Å²) in [4.78, 5) is 4.18. The molecule has 0 aliphatic rings. The van der Waals surface area contributed by atoms with Gasteiger partial charge in [-0.15, -0.1) is 0 Å². The minimum absolute atomic E-state index is 0.192. The number of fused-ring (bicyclic) bond motifs is 3. The Morgan fingerprint density at radius 1 is 1.00 bits per heavy atom. The first kappa shape index (κ1) is 9.73. The average molecular weight is 276 g/mol. The first-order chi connectivity index (χ1) is 7.75. The van der Waals surface area contributed by atoms with Crippen LogP contribution in [-0.2, 0) is 0 Å². The largest absolute Gasteiger partial charge is 0.249 e. The van der Waals surface area contributed by atoms with Gasteiger partial charge in [-0.1, -0.05) is 24.3 Å². The van der Waals surface area contributed by atoms with E-state index < -0.39 is 0 Å². The lowest BCUT2D eigenvalue weighted by atomic mass is 10.0. The van der Waals surface area contributed by atoms with Gasteiger partial charge < -0.3 is 0 Å². The summed E-state index contributed by atoms with van der Waals surface area (Å²) in [6, 6.07) is 10.8. The average Bonchev–Trinajstić information content (AvgIpc) is 2.28. The Kier molecular flexibility index (Phi) is 2.14. The zero-order valence-corrected chi connectivity index (χ0v) is 9.83. The van der Waals surface area contributed by atoms with E-state index in [9.17, 15) is 4.39 Å². The summed E-state index contributed by atoms with van der Waals surface area (Å²) in [6.45, 7) is 0. The van der Waals surface area contributed by atoms with Gasteiger partial charge in [0.25, 0.3) is 0 Å². The van der Waals surface area contributed by atoms with Crippen molar-refractivity contribution in [2.45, 2.75) is 0 Å². The Morgan fingerprint density at radius 2 is 1.88 bits per heavy atom. The van der Waals surface area contributed by atoms with Gasteiger partial charge in [-0.2, -0.15) is 0 Å². The monoisotopic (exact) mass is 275 g/mol. The van der Waals surface area contributed by atoms with Crippen LogP contribution in [0.15, 0.2) is 47.2 Å². The molecule has 0 N–H and O–H groups in total. The van der Waals surface area contributed by atoms with E-state index in [0.717, 1.165) is 20.8 Å². The molecular formula is C13H7BrFN. The van der Waals surface area contributed by atoms with Crippen LogP contribution in [0.1, 0.15) is 0 Å². The van der Waals surface area contributed by atoms with Crippen molar-refractivity contribution in [1.82, 2.24) is 4.98 Å². The minimum atomic E-state index is -0.192. The van der Waals surface area contributed by atoms with Crippen molar-refractivity contribution in [2.24, 2.45) is 0 Å². The van der Waals surface area contributed by atoms with Gasteiger partial charge in [0.15, 0.2) is 0 Å². The highest BCUT2D eigenvalue weighted by Crippen LogP contribution is 2.27. The summed E-state index contributed by atoms with van der Waals surface area (Å²) >= 11 is 3.33. The molecule has 0 bridgehead atoms. The highest BCUT2D eigenvalue weighted by atomic mass is 79.9. The Labute approximate surface area is 100 Å². The van der Waals surface area contributed by atoms with Crippen LogP contribution in [0.4, 0.5) is 4.39 Å². The molecule has 16 heavy (non-hydrogen) atoms. The van der Waals surface area contributed by atoms with E-state index in [1.807, 2.05) is 18.2 Å². The zero-order valence-electron chi connectivity index (χ0n) is 8.24. The molecule has 0 fully saturated rings. The van der Waals surface area contributed by atoms with Crippen molar-refractivity contribution in [2.75, 3.05) is 0 Å². The Morgan fingerprint density at radius 3 is 2.75 bits per heavy atom. The molecule has 0 spiro atoms. The molecule has 0 aliphatic carbocycles. The molecule has 0 unspecified atom stereocenters. The molecule has 3 rings (SSSR count). The number of hydrogen-bond acceptors (Lipinski definition) is 1. The summed E-state index contributed by atoms with van der Waals surface area (Å²) in [5.41, 5.74) is 0. The van der Waals surface area contributed by atoms with Gasteiger partial charge >= 0.3 is 0 Å². The predicted molar refractivity (Wildman–Crippen MR) is 66.9 cm³/mol. The molecule has 1 aromatic heterocycles. The first-order valence-electron chi connectivity index (χ1n) is 4.88. The summed E-state index contributed by atoms with van der Waals surface area (Å²) in [7, 11) is 0. The highest BCUT2D eigenvalue weighted by molar-refractivity contribution is 9.10. The molecular weight excluding hydrogens is 269 g/mol. The maximum absolute atomic E-state index is 13.6.